The Bertz CT molecular complexity index is 373. The molecule has 0 radical (unpaired) electrons. The summed E-state index contributed by atoms with van der Waals surface area (Å²) in [7, 11) is 0. The molecule has 0 aromatic carbocycles. The van der Waals surface area contributed by atoms with Crippen molar-refractivity contribution in [2.24, 2.45) is 4.99 Å². The lowest BCUT2D eigenvalue weighted by Crippen LogP contribution is -2.09. The van der Waals surface area contributed by atoms with Gasteiger partial charge in [0.05, 0.1) is 5.70 Å². The molecule has 0 aliphatic heterocycles. The third kappa shape index (κ3) is 4.55. The first kappa shape index (κ1) is 14.1. The summed E-state index contributed by atoms with van der Waals surface area (Å²) in [4.78, 5) is 14.6. The minimum absolute atomic E-state index is 0.0928. The van der Waals surface area contributed by atoms with Gasteiger partial charge in [-0.05, 0) is 25.0 Å². The molecule has 0 aliphatic carbocycles. The van der Waals surface area contributed by atoms with E-state index in [1.807, 2.05) is 32.1 Å². The van der Waals surface area contributed by atoms with Crippen molar-refractivity contribution in [2.45, 2.75) is 20.3 Å². The maximum Gasteiger partial charge on any atom is 0.354 e. The molecule has 16 heavy (non-hydrogen) atoms. The Morgan fingerprint density at radius 3 is 2.50 bits per heavy atom. The fourth-order valence-electron chi connectivity index (χ4n) is 1.03. The molecule has 0 spiro atoms. The highest BCUT2D eigenvalue weighted by Gasteiger charge is 2.06. The van der Waals surface area contributed by atoms with E-state index in [1.54, 1.807) is 0 Å². The van der Waals surface area contributed by atoms with E-state index in [4.69, 9.17) is 5.11 Å². The molecule has 0 heterocycles. The van der Waals surface area contributed by atoms with Crippen molar-refractivity contribution in [3.05, 3.63) is 48.7 Å². The SMILES string of the molecule is C=CC(=NC(=C)/C(=C/C=C\C)CC)C(=O)O. The van der Waals surface area contributed by atoms with Gasteiger partial charge in [0.1, 0.15) is 5.71 Å². The van der Waals surface area contributed by atoms with Crippen molar-refractivity contribution in [3.8, 4) is 0 Å². The summed E-state index contributed by atoms with van der Waals surface area (Å²) in [6.07, 6.45) is 7.58. The van der Waals surface area contributed by atoms with Crippen molar-refractivity contribution in [3.63, 3.8) is 0 Å². The molecular weight excluding hydrogens is 202 g/mol. The lowest BCUT2D eigenvalue weighted by molar-refractivity contribution is -0.129. The molecule has 3 nitrogen and oxygen atoms in total. The molecule has 0 fully saturated rings. The number of allylic oxidation sites excluding steroid dienone is 4. The van der Waals surface area contributed by atoms with Crippen LogP contribution in [-0.2, 0) is 4.79 Å². The zero-order valence-electron chi connectivity index (χ0n) is 9.73. The van der Waals surface area contributed by atoms with Crippen molar-refractivity contribution in [1.82, 2.24) is 0 Å². The maximum absolute atomic E-state index is 10.7. The molecule has 1 N–H and O–H groups in total. The highest BCUT2D eigenvalue weighted by molar-refractivity contribution is 6.40. The fraction of sp³-hybridized carbons (Fsp3) is 0.231. The molecule has 0 saturated heterocycles. The smallest absolute Gasteiger partial charge is 0.354 e. The van der Waals surface area contributed by atoms with Gasteiger partial charge in [0.25, 0.3) is 0 Å². The number of aliphatic carboxylic acids is 1. The van der Waals surface area contributed by atoms with Crippen LogP contribution < -0.4 is 0 Å². The van der Waals surface area contributed by atoms with Crippen LogP contribution in [0.3, 0.4) is 0 Å². The Labute approximate surface area is 96.2 Å². The van der Waals surface area contributed by atoms with Crippen LogP contribution in [0.1, 0.15) is 20.3 Å². The summed E-state index contributed by atoms with van der Waals surface area (Å²) in [6.45, 7) is 11.0. The molecule has 0 amide bonds. The lowest BCUT2D eigenvalue weighted by Gasteiger charge is -2.03. The minimum Gasteiger partial charge on any atom is -0.477 e. The van der Waals surface area contributed by atoms with Crippen LogP contribution in [-0.4, -0.2) is 16.8 Å². The maximum atomic E-state index is 10.7. The quantitative estimate of drug-likeness (QED) is 0.551. The molecule has 0 bridgehead atoms. The average Bonchev–Trinajstić information content (AvgIpc) is 2.26. The summed E-state index contributed by atoms with van der Waals surface area (Å²) >= 11 is 0. The molecule has 0 saturated carbocycles. The highest BCUT2D eigenvalue weighted by atomic mass is 16.4. The van der Waals surface area contributed by atoms with E-state index in [0.29, 0.717) is 5.70 Å². The standard InChI is InChI=1S/C13H17NO2/c1-5-8-9-11(6-2)10(4)14-12(7-3)13(15)16/h5,7-9H,3-4,6H2,1-2H3,(H,15,16)/b8-5-,11-9+,14-12?. The second-order valence-electron chi connectivity index (χ2n) is 3.02. The first-order valence-electron chi connectivity index (χ1n) is 5.02. The van der Waals surface area contributed by atoms with Crippen LogP contribution in [0.15, 0.2) is 53.7 Å². The summed E-state index contributed by atoms with van der Waals surface area (Å²) in [5.74, 6) is -1.10. The second-order valence-corrected chi connectivity index (χ2v) is 3.02. The van der Waals surface area contributed by atoms with E-state index in [-0.39, 0.29) is 5.71 Å². The van der Waals surface area contributed by atoms with E-state index in [1.165, 1.54) is 6.08 Å². The highest BCUT2D eigenvalue weighted by Crippen LogP contribution is 2.14. The van der Waals surface area contributed by atoms with Crippen molar-refractivity contribution >= 4 is 11.7 Å². The van der Waals surface area contributed by atoms with Crippen LogP contribution in [0.2, 0.25) is 0 Å². The van der Waals surface area contributed by atoms with Gasteiger partial charge in [0, 0.05) is 0 Å². The Kier molecular flexibility index (Phi) is 6.52. The van der Waals surface area contributed by atoms with Gasteiger partial charge >= 0.3 is 5.97 Å². The van der Waals surface area contributed by atoms with E-state index < -0.39 is 5.97 Å². The summed E-state index contributed by atoms with van der Waals surface area (Å²) < 4.78 is 0. The summed E-state index contributed by atoms with van der Waals surface area (Å²) in [5, 5.41) is 8.78. The van der Waals surface area contributed by atoms with Crippen LogP contribution in [0.5, 0.6) is 0 Å². The number of hydrogen-bond acceptors (Lipinski definition) is 2. The Balaban J connectivity index is 5.04. The number of carbonyl (C=O) groups is 1. The number of hydrogen-bond donors (Lipinski definition) is 1. The minimum atomic E-state index is -1.10. The van der Waals surface area contributed by atoms with E-state index in [0.717, 1.165) is 12.0 Å². The normalized spacial score (nSPS) is 12.9. The molecule has 0 aromatic heterocycles. The Morgan fingerprint density at radius 2 is 2.12 bits per heavy atom. The predicted octanol–water partition coefficient (Wildman–Crippen LogP) is 3.12. The fourth-order valence-corrected chi connectivity index (χ4v) is 1.03. The van der Waals surface area contributed by atoms with Gasteiger partial charge in [-0.1, -0.05) is 38.3 Å². The van der Waals surface area contributed by atoms with Crippen LogP contribution in [0, 0.1) is 0 Å². The third-order valence-electron chi connectivity index (χ3n) is 1.91. The predicted molar refractivity (Wildman–Crippen MR) is 67.6 cm³/mol. The van der Waals surface area contributed by atoms with Gasteiger partial charge in [0.15, 0.2) is 0 Å². The number of rotatable bonds is 6. The van der Waals surface area contributed by atoms with E-state index >= 15 is 0 Å². The average molecular weight is 219 g/mol. The second kappa shape index (κ2) is 7.40. The third-order valence-corrected chi connectivity index (χ3v) is 1.91. The number of carboxylic acid groups (broad SMARTS) is 1. The summed E-state index contributed by atoms with van der Waals surface area (Å²) in [6, 6.07) is 0. The molecule has 3 heteroatoms. The molecule has 0 unspecified atom stereocenters. The van der Waals surface area contributed by atoms with Gasteiger partial charge in [-0.3, -0.25) is 0 Å². The van der Waals surface area contributed by atoms with Crippen molar-refractivity contribution in [2.75, 3.05) is 0 Å². The van der Waals surface area contributed by atoms with Crippen molar-refractivity contribution < 1.29 is 9.90 Å². The molecule has 0 aromatic rings. The van der Waals surface area contributed by atoms with Crippen molar-refractivity contribution in [1.29, 1.82) is 0 Å². The Hall–Kier alpha value is -1.90. The molecule has 0 aliphatic rings. The molecule has 0 rings (SSSR count). The molecular formula is C13H17NO2. The monoisotopic (exact) mass is 219 g/mol. The van der Waals surface area contributed by atoms with Gasteiger partial charge in [-0.2, -0.15) is 0 Å². The topological polar surface area (TPSA) is 49.7 Å². The van der Waals surface area contributed by atoms with Gasteiger partial charge < -0.3 is 5.11 Å². The molecule has 86 valence electrons. The van der Waals surface area contributed by atoms with Gasteiger partial charge in [-0.25, -0.2) is 9.79 Å². The van der Waals surface area contributed by atoms with Crippen LogP contribution >= 0.6 is 0 Å². The number of aliphatic imine (C=N–C) groups is 1. The molecule has 0 atom stereocenters. The van der Waals surface area contributed by atoms with E-state index in [2.05, 4.69) is 18.2 Å². The first-order chi connectivity index (χ1) is 7.56. The van der Waals surface area contributed by atoms with Gasteiger partial charge in [0.2, 0.25) is 0 Å². The van der Waals surface area contributed by atoms with Crippen LogP contribution in [0.25, 0.3) is 0 Å². The van der Waals surface area contributed by atoms with Crippen LogP contribution in [0.4, 0.5) is 0 Å². The zero-order valence-corrected chi connectivity index (χ0v) is 9.73. The summed E-state index contributed by atoms with van der Waals surface area (Å²) in [5.41, 5.74) is 1.27. The number of carboxylic acids is 1. The Morgan fingerprint density at radius 1 is 1.50 bits per heavy atom. The lowest BCUT2D eigenvalue weighted by atomic mass is 10.1. The van der Waals surface area contributed by atoms with Gasteiger partial charge in [-0.15, -0.1) is 0 Å². The number of nitrogens with zero attached hydrogens (tertiary/aromatic N) is 1. The largest absolute Gasteiger partial charge is 0.477 e. The first-order valence-corrected chi connectivity index (χ1v) is 5.02. The zero-order chi connectivity index (χ0) is 12.6. The van der Waals surface area contributed by atoms with E-state index in [9.17, 15) is 4.79 Å².